The first-order valence-corrected chi connectivity index (χ1v) is 19.0. The molecule has 1 atom stereocenters. The number of furan rings is 1. The van der Waals surface area contributed by atoms with E-state index in [1.54, 1.807) is 0 Å². The smallest absolute Gasteiger partial charge is 0.135 e. The molecule has 2 aliphatic rings. The van der Waals surface area contributed by atoms with Crippen molar-refractivity contribution in [3.8, 4) is 0 Å². The van der Waals surface area contributed by atoms with Crippen LogP contribution in [-0.4, -0.2) is 0 Å². The van der Waals surface area contributed by atoms with Crippen molar-refractivity contribution in [1.82, 2.24) is 0 Å². The lowest BCUT2D eigenvalue weighted by Crippen LogP contribution is -2.22. The summed E-state index contributed by atoms with van der Waals surface area (Å²) in [5.41, 5.74) is 16.1. The van der Waals surface area contributed by atoms with Gasteiger partial charge in [-0.3, -0.25) is 0 Å². The molecule has 2 aliphatic carbocycles. The fraction of sp³-hybridized carbons (Fsp3) is 0.160. The van der Waals surface area contributed by atoms with Crippen molar-refractivity contribution in [3.63, 3.8) is 0 Å². The number of para-hydroxylation sites is 3. The second kappa shape index (κ2) is 12.6. The Bertz CT molecular complexity index is 2560. The van der Waals surface area contributed by atoms with Gasteiger partial charge in [0.05, 0.1) is 0 Å². The Morgan fingerprint density at radius 3 is 1.49 bits per heavy atom. The van der Waals surface area contributed by atoms with Crippen LogP contribution in [0.4, 0.5) is 34.1 Å². The van der Waals surface area contributed by atoms with Crippen molar-refractivity contribution in [3.05, 3.63) is 192 Å². The largest absolute Gasteiger partial charge is 0.456 e. The van der Waals surface area contributed by atoms with Crippen LogP contribution in [0.25, 0.3) is 21.9 Å². The molecule has 10 rings (SSSR count). The van der Waals surface area contributed by atoms with Crippen molar-refractivity contribution >= 4 is 56.1 Å². The van der Waals surface area contributed by atoms with Crippen LogP contribution in [0, 0.1) is 0 Å². The van der Waals surface area contributed by atoms with Gasteiger partial charge >= 0.3 is 0 Å². The zero-order chi connectivity index (χ0) is 35.5. The van der Waals surface area contributed by atoms with E-state index in [4.69, 9.17) is 4.42 Å². The quantitative estimate of drug-likeness (QED) is 0.166. The Morgan fingerprint density at radius 1 is 0.472 bits per heavy atom. The summed E-state index contributed by atoms with van der Waals surface area (Å²) in [6, 6.07) is 60.0. The number of nitrogens with zero attached hydrogens (tertiary/aromatic N) is 2. The van der Waals surface area contributed by atoms with Crippen LogP contribution in [0.1, 0.15) is 60.4 Å². The van der Waals surface area contributed by atoms with Gasteiger partial charge in [-0.05, 0) is 144 Å². The predicted molar refractivity (Wildman–Crippen MR) is 221 cm³/mol. The van der Waals surface area contributed by atoms with Crippen molar-refractivity contribution in [1.29, 1.82) is 0 Å². The van der Waals surface area contributed by atoms with Crippen molar-refractivity contribution in [2.45, 2.75) is 50.9 Å². The first kappa shape index (κ1) is 31.7. The molecule has 3 heteroatoms. The molecule has 0 aliphatic heterocycles. The van der Waals surface area contributed by atoms with Gasteiger partial charge in [0, 0.05) is 50.3 Å². The normalized spacial score (nSPS) is 16.1. The van der Waals surface area contributed by atoms with Crippen molar-refractivity contribution in [2.75, 3.05) is 9.80 Å². The van der Waals surface area contributed by atoms with E-state index in [1.165, 1.54) is 61.3 Å². The monoisotopic (exact) mass is 686 g/mol. The van der Waals surface area contributed by atoms with E-state index >= 15 is 0 Å². The molecule has 0 bridgehead atoms. The molecule has 0 saturated heterocycles. The highest BCUT2D eigenvalue weighted by molar-refractivity contribution is 6.08. The topological polar surface area (TPSA) is 19.6 Å². The number of hydrogen-bond acceptors (Lipinski definition) is 3. The standard InChI is InChI=1S/C50H42N2O/c1-34(2)43-19-12-20-48-49(43)44-31-40(25-26-47(44)53-48)52(39-17-10-5-11-18-39)42-24-22-36-28-30-50(46(36)33-42)29-27-35-21-23-41(32-45(35)50)51(37-13-6-3-7-14-37)38-15-8-4-9-16-38/h3-26,31-34H,27-30H2,1-2H3/t50-/m1/s1. The van der Waals surface area contributed by atoms with Gasteiger partial charge in [0.2, 0.25) is 0 Å². The summed E-state index contributed by atoms with van der Waals surface area (Å²) in [5, 5.41) is 2.39. The maximum absolute atomic E-state index is 6.41. The lowest BCUT2D eigenvalue weighted by Gasteiger charge is -2.31. The summed E-state index contributed by atoms with van der Waals surface area (Å²) in [5.74, 6) is 0.392. The molecule has 1 aromatic heterocycles. The third-order valence-electron chi connectivity index (χ3n) is 11.8. The van der Waals surface area contributed by atoms with Crippen LogP contribution >= 0.6 is 0 Å². The number of benzene rings is 7. The average Bonchev–Trinajstić information content (AvgIpc) is 3.89. The van der Waals surface area contributed by atoms with Crippen molar-refractivity contribution in [2.24, 2.45) is 0 Å². The first-order chi connectivity index (χ1) is 26.1. The van der Waals surface area contributed by atoms with Crippen LogP contribution in [0.2, 0.25) is 0 Å². The summed E-state index contributed by atoms with van der Waals surface area (Å²) in [6.45, 7) is 4.53. The summed E-state index contributed by atoms with van der Waals surface area (Å²) in [6.07, 6.45) is 4.46. The fourth-order valence-corrected chi connectivity index (χ4v) is 9.33. The molecular weight excluding hydrogens is 645 g/mol. The number of fused-ring (bicyclic) bond motifs is 7. The molecule has 53 heavy (non-hydrogen) atoms. The minimum atomic E-state index is -0.0189. The lowest BCUT2D eigenvalue weighted by atomic mass is 9.76. The van der Waals surface area contributed by atoms with Crippen LogP contribution in [0.15, 0.2) is 168 Å². The molecule has 0 fully saturated rings. The maximum Gasteiger partial charge on any atom is 0.135 e. The minimum absolute atomic E-state index is 0.0189. The van der Waals surface area contributed by atoms with E-state index in [-0.39, 0.29) is 5.41 Å². The van der Waals surface area contributed by atoms with Gasteiger partial charge < -0.3 is 14.2 Å². The van der Waals surface area contributed by atoms with E-state index in [2.05, 4.69) is 187 Å². The Balaban J connectivity index is 1.11. The average molecular weight is 687 g/mol. The molecule has 7 aromatic carbocycles. The van der Waals surface area contributed by atoms with Crippen LogP contribution < -0.4 is 9.80 Å². The summed E-state index contributed by atoms with van der Waals surface area (Å²) in [7, 11) is 0. The molecule has 0 radical (unpaired) electrons. The predicted octanol–water partition coefficient (Wildman–Crippen LogP) is 13.8. The third-order valence-corrected chi connectivity index (χ3v) is 11.8. The van der Waals surface area contributed by atoms with Gasteiger partial charge in [-0.25, -0.2) is 0 Å². The van der Waals surface area contributed by atoms with Gasteiger partial charge in [0.25, 0.3) is 0 Å². The van der Waals surface area contributed by atoms with E-state index in [1.807, 2.05) is 0 Å². The third kappa shape index (κ3) is 5.17. The molecule has 0 saturated carbocycles. The number of hydrogen-bond donors (Lipinski definition) is 0. The zero-order valence-corrected chi connectivity index (χ0v) is 30.3. The summed E-state index contributed by atoms with van der Waals surface area (Å²) >= 11 is 0. The van der Waals surface area contributed by atoms with E-state index in [0.717, 1.165) is 48.2 Å². The highest BCUT2D eigenvalue weighted by Gasteiger charge is 2.45. The molecule has 0 unspecified atom stereocenters. The van der Waals surface area contributed by atoms with E-state index in [0.29, 0.717) is 5.92 Å². The number of anilines is 6. The zero-order valence-electron chi connectivity index (χ0n) is 30.3. The Hall–Kier alpha value is -6.06. The SMILES string of the molecule is CC(C)c1cccc2oc3ccc(N(c4ccccc4)c4ccc5c(c4)[C@]4(CCc6ccc(N(c7ccccc7)c7ccccc7)cc64)CC5)cc3c12. The van der Waals surface area contributed by atoms with Gasteiger partial charge in [-0.2, -0.15) is 0 Å². The second-order valence-electron chi connectivity index (χ2n) is 15.1. The molecule has 1 heterocycles. The van der Waals surface area contributed by atoms with Crippen LogP contribution in [0.3, 0.4) is 0 Å². The van der Waals surface area contributed by atoms with Crippen molar-refractivity contribution < 1.29 is 4.42 Å². The number of aryl methyl sites for hydroxylation is 2. The van der Waals surface area contributed by atoms with Gasteiger partial charge in [0.15, 0.2) is 0 Å². The molecule has 1 spiro atoms. The molecule has 258 valence electrons. The second-order valence-corrected chi connectivity index (χ2v) is 15.1. The Labute approximate surface area is 311 Å². The van der Waals surface area contributed by atoms with E-state index < -0.39 is 0 Å². The highest BCUT2D eigenvalue weighted by atomic mass is 16.3. The molecular formula is C50H42N2O. The molecule has 0 N–H and O–H groups in total. The van der Waals surface area contributed by atoms with Gasteiger partial charge in [-0.1, -0.05) is 92.7 Å². The van der Waals surface area contributed by atoms with Gasteiger partial charge in [-0.15, -0.1) is 0 Å². The first-order valence-electron chi connectivity index (χ1n) is 19.0. The van der Waals surface area contributed by atoms with Crippen LogP contribution in [-0.2, 0) is 18.3 Å². The maximum atomic E-state index is 6.41. The lowest BCUT2D eigenvalue weighted by molar-refractivity contribution is 0.507. The van der Waals surface area contributed by atoms with Crippen LogP contribution in [0.5, 0.6) is 0 Å². The Kier molecular flexibility index (Phi) is 7.50. The van der Waals surface area contributed by atoms with E-state index in [9.17, 15) is 0 Å². The Morgan fingerprint density at radius 2 is 0.962 bits per heavy atom. The summed E-state index contributed by atoms with van der Waals surface area (Å²) in [4.78, 5) is 4.83. The minimum Gasteiger partial charge on any atom is -0.456 e. The molecule has 3 nitrogen and oxygen atoms in total. The molecule has 8 aromatic rings. The number of rotatable bonds is 7. The van der Waals surface area contributed by atoms with Gasteiger partial charge in [0.1, 0.15) is 11.2 Å². The molecule has 0 amide bonds. The highest BCUT2D eigenvalue weighted by Crippen LogP contribution is 2.55. The fourth-order valence-electron chi connectivity index (χ4n) is 9.33. The summed E-state index contributed by atoms with van der Waals surface area (Å²) < 4.78 is 6.41.